The van der Waals surface area contributed by atoms with Gasteiger partial charge in [-0.25, -0.2) is 0 Å². The molecule has 1 N–H and O–H groups in total. The Balaban J connectivity index is 1.50. The molecule has 7 nitrogen and oxygen atoms in total. The number of likely N-dealkylation sites (tertiary alicyclic amines) is 1. The number of hydrogen-bond donors (Lipinski definition) is 1. The normalized spacial score (nSPS) is 23.6. The number of morpholine rings is 1. The second-order valence-electron chi connectivity index (χ2n) is 8.56. The summed E-state index contributed by atoms with van der Waals surface area (Å²) in [5, 5.41) is 11.0. The minimum atomic E-state index is -0.628. The Bertz CT molecular complexity index is 636. The first-order chi connectivity index (χ1) is 14.0. The number of β-amino-alcohol motifs (C(OH)–C–C–N with tert-alkyl or cyclic N) is 1. The van der Waals surface area contributed by atoms with Gasteiger partial charge in [-0.3, -0.25) is 9.80 Å². The van der Waals surface area contributed by atoms with Gasteiger partial charge in [0, 0.05) is 45.8 Å². The van der Waals surface area contributed by atoms with Gasteiger partial charge in [0.25, 0.3) is 0 Å². The molecule has 0 bridgehead atoms. The first-order valence-corrected chi connectivity index (χ1v) is 10.7. The van der Waals surface area contributed by atoms with Crippen molar-refractivity contribution in [1.82, 2.24) is 14.7 Å². The van der Waals surface area contributed by atoms with Crippen LogP contribution in [0, 0.1) is 0 Å². The van der Waals surface area contributed by atoms with Crippen molar-refractivity contribution in [2.75, 3.05) is 80.3 Å². The molecule has 2 aliphatic rings. The fourth-order valence-electron chi connectivity index (χ4n) is 4.13. The Labute approximate surface area is 175 Å². The van der Waals surface area contributed by atoms with E-state index in [2.05, 4.69) is 40.9 Å². The molecule has 2 aliphatic heterocycles. The van der Waals surface area contributed by atoms with E-state index in [-0.39, 0.29) is 0 Å². The van der Waals surface area contributed by atoms with Crippen molar-refractivity contribution in [3.8, 4) is 11.5 Å². The van der Waals surface area contributed by atoms with Crippen molar-refractivity contribution < 1.29 is 19.3 Å². The summed E-state index contributed by atoms with van der Waals surface area (Å²) < 4.78 is 16.9. The maximum Gasteiger partial charge on any atom is 0.161 e. The summed E-state index contributed by atoms with van der Waals surface area (Å²) in [7, 11) is 5.81. The van der Waals surface area contributed by atoms with Crippen molar-refractivity contribution in [3.63, 3.8) is 0 Å². The topological polar surface area (TPSA) is 57.6 Å². The van der Waals surface area contributed by atoms with Crippen LogP contribution in [-0.4, -0.2) is 106 Å². The average Bonchev–Trinajstić information content (AvgIpc) is 3.06. The smallest absolute Gasteiger partial charge is 0.161 e. The Morgan fingerprint density at radius 2 is 1.93 bits per heavy atom. The van der Waals surface area contributed by atoms with E-state index in [1.54, 1.807) is 7.11 Å². The number of ether oxygens (including phenoxy) is 3. The highest BCUT2D eigenvalue weighted by molar-refractivity contribution is 5.43. The number of benzene rings is 1. The van der Waals surface area contributed by atoms with E-state index in [0.29, 0.717) is 13.2 Å². The van der Waals surface area contributed by atoms with Crippen LogP contribution in [0.3, 0.4) is 0 Å². The molecule has 2 saturated heterocycles. The molecular weight excluding hydrogens is 370 g/mol. The van der Waals surface area contributed by atoms with Gasteiger partial charge >= 0.3 is 0 Å². The molecule has 7 heteroatoms. The molecule has 0 aromatic heterocycles. The molecule has 0 saturated carbocycles. The van der Waals surface area contributed by atoms with Crippen LogP contribution in [0.2, 0.25) is 0 Å². The zero-order valence-electron chi connectivity index (χ0n) is 18.2. The third kappa shape index (κ3) is 6.83. The van der Waals surface area contributed by atoms with Gasteiger partial charge < -0.3 is 24.2 Å². The van der Waals surface area contributed by atoms with Gasteiger partial charge in [-0.1, -0.05) is 6.07 Å². The first kappa shape index (κ1) is 22.3. The lowest BCUT2D eigenvalue weighted by molar-refractivity contribution is -0.0266. The molecule has 1 atom stereocenters. The number of hydrogen-bond acceptors (Lipinski definition) is 7. The molecule has 0 radical (unpaired) electrons. The van der Waals surface area contributed by atoms with Gasteiger partial charge in [0.2, 0.25) is 0 Å². The van der Waals surface area contributed by atoms with Gasteiger partial charge in [-0.15, -0.1) is 0 Å². The lowest BCUT2D eigenvalue weighted by atomic mass is 10.0. The zero-order chi connectivity index (χ0) is 20.7. The van der Waals surface area contributed by atoms with E-state index < -0.39 is 5.60 Å². The molecule has 3 rings (SSSR count). The van der Waals surface area contributed by atoms with Gasteiger partial charge in [0.05, 0.1) is 32.5 Å². The maximum absolute atomic E-state index is 11.0. The minimum Gasteiger partial charge on any atom is -0.493 e. The fourth-order valence-corrected chi connectivity index (χ4v) is 4.13. The van der Waals surface area contributed by atoms with E-state index in [1.807, 2.05) is 6.07 Å². The predicted molar refractivity (Wildman–Crippen MR) is 114 cm³/mol. The Kier molecular flexibility index (Phi) is 8.15. The highest BCUT2D eigenvalue weighted by Gasteiger charge is 2.37. The summed E-state index contributed by atoms with van der Waals surface area (Å²) >= 11 is 0. The van der Waals surface area contributed by atoms with Crippen molar-refractivity contribution in [2.24, 2.45) is 0 Å². The van der Waals surface area contributed by atoms with Crippen LogP contribution >= 0.6 is 0 Å². The highest BCUT2D eigenvalue weighted by Crippen LogP contribution is 2.30. The summed E-state index contributed by atoms with van der Waals surface area (Å²) in [6.45, 7) is 8.19. The monoisotopic (exact) mass is 407 g/mol. The molecule has 29 heavy (non-hydrogen) atoms. The van der Waals surface area contributed by atoms with E-state index in [0.717, 1.165) is 76.8 Å². The molecule has 1 aromatic carbocycles. The minimum absolute atomic E-state index is 0.628. The van der Waals surface area contributed by atoms with Gasteiger partial charge in [0.1, 0.15) is 0 Å². The van der Waals surface area contributed by atoms with Crippen molar-refractivity contribution >= 4 is 0 Å². The van der Waals surface area contributed by atoms with Crippen LogP contribution in [0.4, 0.5) is 0 Å². The first-order valence-electron chi connectivity index (χ1n) is 10.7. The van der Waals surface area contributed by atoms with E-state index in [1.165, 1.54) is 5.56 Å². The SMILES string of the molecule is COc1cc(CN2CC[C@@](O)(CN3CCOCC3)C2)ccc1OCCCN(C)C. The lowest BCUT2D eigenvalue weighted by Crippen LogP contribution is -2.48. The van der Waals surface area contributed by atoms with Crippen LogP contribution in [-0.2, 0) is 11.3 Å². The fraction of sp³-hybridized carbons (Fsp3) is 0.727. The molecule has 0 aliphatic carbocycles. The van der Waals surface area contributed by atoms with Crippen molar-refractivity contribution in [2.45, 2.75) is 25.0 Å². The molecule has 0 unspecified atom stereocenters. The Hall–Kier alpha value is -1.38. The molecule has 2 heterocycles. The van der Waals surface area contributed by atoms with Crippen molar-refractivity contribution in [1.29, 1.82) is 0 Å². The predicted octanol–water partition coefficient (Wildman–Crippen LogP) is 1.29. The third-order valence-electron chi connectivity index (χ3n) is 5.67. The van der Waals surface area contributed by atoms with E-state index >= 15 is 0 Å². The largest absolute Gasteiger partial charge is 0.493 e. The average molecular weight is 408 g/mol. The van der Waals surface area contributed by atoms with Crippen LogP contribution in [0.25, 0.3) is 0 Å². The van der Waals surface area contributed by atoms with Crippen molar-refractivity contribution in [3.05, 3.63) is 23.8 Å². The van der Waals surface area contributed by atoms with E-state index in [9.17, 15) is 5.11 Å². The number of aliphatic hydroxyl groups is 1. The summed E-state index contributed by atoms with van der Waals surface area (Å²) in [5.41, 5.74) is 0.551. The second kappa shape index (κ2) is 10.6. The van der Waals surface area contributed by atoms with Crippen LogP contribution in [0.15, 0.2) is 18.2 Å². The number of methoxy groups -OCH3 is 1. The number of nitrogens with zero attached hydrogens (tertiary/aromatic N) is 3. The summed E-state index contributed by atoms with van der Waals surface area (Å²) in [5.74, 6) is 1.57. The van der Waals surface area contributed by atoms with Gasteiger partial charge in [-0.2, -0.15) is 0 Å². The van der Waals surface area contributed by atoms with Crippen LogP contribution < -0.4 is 9.47 Å². The summed E-state index contributed by atoms with van der Waals surface area (Å²) in [4.78, 5) is 6.80. The molecule has 2 fully saturated rings. The summed E-state index contributed by atoms with van der Waals surface area (Å²) in [6.07, 6.45) is 1.79. The summed E-state index contributed by atoms with van der Waals surface area (Å²) in [6, 6.07) is 6.16. The lowest BCUT2D eigenvalue weighted by Gasteiger charge is -2.33. The van der Waals surface area contributed by atoms with Crippen LogP contribution in [0.1, 0.15) is 18.4 Å². The molecule has 0 spiro atoms. The van der Waals surface area contributed by atoms with E-state index in [4.69, 9.17) is 14.2 Å². The standard InChI is InChI=1S/C22H37N3O4/c1-23(2)8-4-12-29-20-6-5-19(15-21(20)27-3)16-25-9-7-22(26,18-25)17-24-10-13-28-14-11-24/h5-6,15,26H,4,7-14,16-18H2,1-3H3/t22-/m1/s1. The molecule has 164 valence electrons. The van der Waals surface area contributed by atoms with Gasteiger partial charge in [0.15, 0.2) is 11.5 Å². The Morgan fingerprint density at radius 1 is 1.14 bits per heavy atom. The highest BCUT2D eigenvalue weighted by atomic mass is 16.5. The van der Waals surface area contributed by atoms with Gasteiger partial charge in [-0.05, 0) is 44.6 Å². The molecule has 1 aromatic rings. The third-order valence-corrected chi connectivity index (χ3v) is 5.67. The zero-order valence-corrected chi connectivity index (χ0v) is 18.2. The molecule has 0 amide bonds. The quantitative estimate of drug-likeness (QED) is 0.587. The maximum atomic E-state index is 11.0. The Morgan fingerprint density at radius 3 is 2.66 bits per heavy atom. The second-order valence-corrected chi connectivity index (χ2v) is 8.56. The van der Waals surface area contributed by atoms with Crippen LogP contribution in [0.5, 0.6) is 11.5 Å². The molecular formula is C22H37N3O4. The number of rotatable bonds is 10.